The number of fused-ring (bicyclic) bond motifs is 1. The van der Waals surface area contributed by atoms with Crippen LogP contribution in [0.2, 0.25) is 0 Å². The van der Waals surface area contributed by atoms with Crippen LogP contribution in [0.3, 0.4) is 0 Å². The normalized spacial score (nSPS) is 19.9. The van der Waals surface area contributed by atoms with Crippen molar-refractivity contribution in [2.24, 2.45) is 0 Å². The van der Waals surface area contributed by atoms with Crippen molar-refractivity contribution in [1.29, 1.82) is 0 Å². The molecule has 21 nitrogen and oxygen atoms in total. The molecule has 0 saturated carbocycles. The second kappa shape index (κ2) is 22.8. The second-order valence-corrected chi connectivity index (χ2v) is 18.4. The van der Waals surface area contributed by atoms with E-state index in [9.17, 15) is 24.9 Å². The summed E-state index contributed by atoms with van der Waals surface area (Å²) in [7, 11) is 0.577. The van der Waals surface area contributed by atoms with Gasteiger partial charge in [-0.05, 0) is 58.7 Å². The Hall–Kier alpha value is -7.72. The Morgan fingerprint density at radius 2 is 1.39 bits per heavy atom. The van der Waals surface area contributed by atoms with E-state index in [2.05, 4.69) is 20.3 Å². The number of nitro benzene ring substituents is 1. The Morgan fingerprint density at radius 3 is 2.04 bits per heavy atom. The van der Waals surface area contributed by atoms with Gasteiger partial charge < -0.3 is 52.8 Å². The molecule has 2 aliphatic heterocycles. The van der Waals surface area contributed by atoms with E-state index < -0.39 is 61.7 Å². The number of hydrogen-bond donors (Lipinski definition) is 3. The molecule has 2 saturated heterocycles. The summed E-state index contributed by atoms with van der Waals surface area (Å²) < 4.78 is 52.1. The van der Waals surface area contributed by atoms with E-state index in [4.69, 9.17) is 42.5 Å². The Labute approximate surface area is 430 Å². The van der Waals surface area contributed by atoms with Crippen LogP contribution in [0, 0.1) is 10.1 Å². The van der Waals surface area contributed by atoms with Gasteiger partial charge in [0.05, 0.1) is 50.9 Å². The Balaban J connectivity index is 0.887. The van der Waals surface area contributed by atoms with Gasteiger partial charge in [-0.2, -0.15) is 4.98 Å². The van der Waals surface area contributed by atoms with Crippen LogP contribution < -0.4 is 25.2 Å². The lowest BCUT2D eigenvalue weighted by Crippen LogP contribution is -2.38. The first-order valence-corrected chi connectivity index (χ1v) is 24.9. The van der Waals surface area contributed by atoms with Crippen molar-refractivity contribution in [3.63, 3.8) is 0 Å². The van der Waals surface area contributed by atoms with Crippen molar-refractivity contribution in [3.8, 4) is 23.1 Å². The fourth-order valence-electron chi connectivity index (χ4n) is 9.14. The minimum Gasteiger partial charge on any atom is -0.497 e. The molecule has 386 valence electrons. The average Bonchev–Trinajstić information content (AvgIpc) is 4.17. The number of non-ortho nitro benzene ring substituents is 1. The van der Waals surface area contributed by atoms with E-state index in [0.29, 0.717) is 35.0 Å². The number of nitrogens with one attached hydrogen (secondary N) is 1. The number of methoxy groups -OCH3 is 2. The molecule has 0 bridgehead atoms. The highest BCUT2D eigenvalue weighted by Gasteiger charge is 2.45. The van der Waals surface area contributed by atoms with E-state index in [0.717, 1.165) is 22.3 Å². The van der Waals surface area contributed by atoms with Crippen molar-refractivity contribution in [2.75, 3.05) is 32.8 Å². The minimum absolute atomic E-state index is 0.0113. The van der Waals surface area contributed by atoms with Crippen molar-refractivity contribution in [1.82, 2.24) is 29.1 Å². The molecule has 22 heteroatoms. The maximum absolute atomic E-state index is 13.1. The number of imidazole rings is 1. The molecular formula is C53H51N8O13P. The fraction of sp³-hybridized carbons (Fsp3) is 0.264. The van der Waals surface area contributed by atoms with Crippen molar-refractivity contribution >= 4 is 31.3 Å². The van der Waals surface area contributed by atoms with Crippen molar-refractivity contribution in [3.05, 3.63) is 201 Å². The number of aliphatic hydroxyl groups is 1. The predicted molar refractivity (Wildman–Crippen MR) is 272 cm³/mol. The van der Waals surface area contributed by atoms with Gasteiger partial charge in [-0.3, -0.25) is 19.2 Å². The van der Waals surface area contributed by atoms with Gasteiger partial charge in [-0.25, -0.2) is 19.7 Å². The van der Waals surface area contributed by atoms with Gasteiger partial charge in [0, 0.05) is 43.8 Å². The minimum atomic E-state index is -2.64. The number of ether oxygens (including phenoxy) is 6. The van der Waals surface area contributed by atoms with Crippen LogP contribution in [-0.4, -0.2) is 95.8 Å². The molecule has 3 aromatic heterocycles. The third-order valence-corrected chi connectivity index (χ3v) is 13.8. The molecule has 5 aromatic carbocycles. The summed E-state index contributed by atoms with van der Waals surface area (Å²) in [6.07, 6.45) is -0.636. The molecule has 1 unspecified atom stereocenters. The molecule has 0 radical (unpaired) electrons. The molecule has 5 heterocycles. The standard InChI is InChI=1S/C53H51N8O13P/c1-67-39-19-13-36(14-20-39)53(35-11-7-4-8-12-35,37-15-21-40(68-2)22-16-37)69-30-45-43(28-48(73-45)60-33-57-49-50(55-32-56-51(49)60)54-29-34-9-5-3-6-10-34)74-75(66)70-31-44-42(62)27-47(72-44)59-26-25-46(58-52(59)63)71-41-23-17-38(18-24-41)61(64)65/h3-26,32-33,42-45,47-48,62,66H,27-31H2,1-2H3,(H,54,55,56)/t42-,43-,44+,45+,47+,48+,75?/m0/s1. The number of benzene rings is 5. The molecule has 2 fully saturated rings. The maximum Gasteiger partial charge on any atom is 0.352 e. The Kier molecular flexibility index (Phi) is 15.4. The predicted octanol–water partition coefficient (Wildman–Crippen LogP) is 7.98. The quantitative estimate of drug-likeness (QED) is 0.0267. The van der Waals surface area contributed by atoms with Crippen LogP contribution in [0.4, 0.5) is 11.5 Å². The smallest absolute Gasteiger partial charge is 0.352 e. The fourth-order valence-corrected chi connectivity index (χ4v) is 9.93. The molecular weight excluding hydrogens is 988 g/mol. The van der Waals surface area contributed by atoms with E-state index in [1.54, 1.807) is 25.1 Å². The highest BCUT2D eigenvalue weighted by atomic mass is 31.2. The number of rotatable bonds is 21. The average molecular weight is 1040 g/mol. The van der Waals surface area contributed by atoms with Crippen molar-refractivity contribution in [2.45, 2.75) is 61.9 Å². The molecule has 0 spiro atoms. The number of anilines is 1. The van der Waals surface area contributed by atoms with E-state index in [1.165, 1.54) is 47.4 Å². The number of aliphatic hydroxyl groups excluding tert-OH is 1. The van der Waals surface area contributed by atoms with Crippen molar-refractivity contribution < 1.29 is 52.4 Å². The SMILES string of the molecule is COc1ccc(C(OC[C@H]2O[C@@H](n3cnc4c(NCc5ccccc5)ncnc43)C[C@@H]2OP(O)OC[C@H]2O[C@@H](n3ccc(Oc4ccc([N+](=O)[O-])cc4)nc3=O)C[C@@H]2O)(c2ccccc2)c2ccc(OC)cc2)cc1. The van der Waals surface area contributed by atoms with Crippen LogP contribution in [0.25, 0.3) is 11.2 Å². The number of nitrogens with zero attached hydrogens (tertiary/aromatic N) is 7. The summed E-state index contributed by atoms with van der Waals surface area (Å²) >= 11 is 0. The molecule has 3 N–H and O–H groups in total. The number of nitro groups is 1. The Morgan fingerprint density at radius 1 is 0.760 bits per heavy atom. The second-order valence-electron chi connectivity index (χ2n) is 17.5. The first kappa shape index (κ1) is 50.8. The lowest BCUT2D eigenvalue weighted by Gasteiger charge is -2.37. The summed E-state index contributed by atoms with van der Waals surface area (Å²) in [5.41, 5.74) is 2.45. The van der Waals surface area contributed by atoms with E-state index >= 15 is 0 Å². The van der Waals surface area contributed by atoms with Crippen LogP contribution in [-0.2, 0) is 35.4 Å². The maximum atomic E-state index is 13.1. The van der Waals surface area contributed by atoms with Gasteiger partial charge >= 0.3 is 14.3 Å². The first-order valence-electron chi connectivity index (χ1n) is 23.8. The summed E-state index contributed by atoms with van der Waals surface area (Å²) in [5, 5.41) is 25.5. The molecule has 75 heavy (non-hydrogen) atoms. The van der Waals surface area contributed by atoms with Crippen LogP contribution in [0.1, 0.15) is 47.6 Å². The van der Waals surface area contributed by atoms with Gasteiger partial charge in [0.1, 0.15) is 53.8 Å². The number of aromatic nitrogens is 6. The molecule has 0 amide bonds. The summed E-state index contributed by atoms with van der Waals surface area (Å²) in [5.74, 6) is 2.06. The van der Waals surface area contributed by atoms with Gasteiger partial charge in [-0.15, -0.1) is 0 Å². The van der Waals surface area contributed by atoms with Gasteiger partial charge in [0.25, 0.3) is 5.69 Å². The van der Waals surface area contributed by atoms with Crippen LogP contribution in [0.5, 0.6) is 23.1 Å². The summed E-state index contributed by atoms with van der Waals surface area (Å²) in [6, 6.07) is 41.8. The van der Waals surface area contributed by atoms with Crippen LogP contribution >= 0.6 is 8.60 Å². The van der Waals surface area contributed by atoms with E-state index in [1.807, 2.05) is 109 Å². The first-order chi connectivity index (χ1) is 36.6. The number of hydrogen-bond acceptors (Lipinski definition) is 18. The zero-order chi connectivity index (χ0) is 51.9. The topological polar surface area (TPSA) is 248 Å². The van der Waals surface area contributed by atoms with E-state index in [-0.39, 0.29) is 43.4 Å². The molecule has 7 atom stereocenters. The van der Waals surface area contributed by atoms with Crippen LogP contribution in [0.15, 0.2) is 163 Å². The largest absolute Gasteiger partial charge is 0.497 e. The third kappa shape index (κ3) is 11.2. The lowest BCUT2D eigenvalue weighted by atomic mass is 9.80. The van der Waals surface area contributed by atoms with Gasteiger partial charge in [0.15, 0.2) is 17.0 Å². The zero-order valence-electron chi connectivity index (χ0n) is 40.5. The molecule has 8 aromatic rings. The highest BCUT2D eigenvalue weighted by molar-refractivity contribution is 7.40. The molecule has 2 aliphatic rings. The molecule has 0 aliphatic carbocycles. The Bertz CT molecular complexity index is 3200. The molecule has 10 rings (SSSR count). The lowest BCUT2D eigenvalue weighted by molar-refractivity contribution is -0.384. The van der Waals surface area contributed by atoms with Gasteiger partial charge in [0.2, 0.25) is 5.88 Å². The highest BCUT2D eigenvalue weighted by Crippen LogP contribution is 2.46. The zero-order valence-corrected chi connectivity index (χ0v) is 41.4. The summed E-state index contributed by atoms with van der Waals surface area (Å²) in [6.45, 7) is 0.154. The third-order valence-electron chi connectivity index (χ3n) is 13.0. The monoisotopic (exact) mass is 1040 g/mol. The summed E-state index contributed by atoms with van der Waals surface area (Å²) in [4.78, 5) is 53.0. The van der Waals surface area contributed by atoms with Gasteiger partial charge in [-0.1, -0.05) is 84.9 Å².